The molecule has 2 unspecified atom stereocenters. The zero-order valence-corrected chi connectivity index (χ0v) is 16.1. The van der Waals surface area contributed by atoms with E-state index in [1.807, 2.05) is 18.5 Å². The molecular formula is C24H29N3. The third kappa shape index (κ3) is 4.57. The lowest BCUT2D eigenvalue weighted by molar-refractivity contribution is 0.0902. The Labute approximate surface area is 163 Å². The number of piperidine rings is 1. The molecule has 0 bridgehead atoms. The Morgan fingerprint density at radius 2 is 1.93 bits per heavy atom. The van der Waals surface area contributed by atoms with E-state index in [4.69, 9.17) is 0 Å². The molecule has 3 nitrogen and oxygen atoms in total. The maximum Gasteiger partial charge on any atom is 0.0627 e. The van der Waals surface area contributed by atoms with Crippen molar-refractivity contribution in [2.45, 2.75) is 51.0 Å². The second kappa shape index (κ2) is 8.23. The van der Waals surface area contributed by atoms with Gasteiger partial charge in [-0.3, -0.25) is 9.88 Å². The molecule has 0 spiro atoms. The van der Waals surface area contributed by atoms with E-state index in [2.05, 4.69) is 52.4 Å². The quantitative estimate of drug-likeness (QED) is 0.685. The number of benzene rings is 1. The molecular weight excluding hydrogens is 330 g/mol. The maximum absolute atomic E-state index is 9.42. The highest BCUT2D eigenvalue weighted by molar-refractivity contribution is 5.25. The summed E-state index contributed by atoms with van der Waals surface area (Å²) < 4.78 is 0. The lowest BCUT2D eigenvalue weighted by Gasteiger charge is -2.41. The molecule has 3 heteroatoms. The summed E-state index contributed by atoms with van der Waals surface area (Å²) in [5.41, 5.74) is 3.03. The second-order valence-electron chi connectivity index (χ2n) is 8.52. The Morgan fingerprint density at radius 3 is 2.63 bits per heavy atom. The van der Waals surface area contributed by atoms with Gasteiger partial charge >= 0.3 is 0 Å². The Morgan fingerprint density at radius 1 is 1.11 bits per heavy atom. The standard InChI is InChI=1S/C24H29N3/c25-13-10-24(9-8-22-17-23(22)21-6-2-1-3-7-21)11-15-27(16-12-24)19-20-5-4-14-26-18-20/h1-7,14,18,22-23H,8-12,15-17,19H2. The van der Waals surface area contributed by atoms with Crippen LogP contribution in [0.25, 0.3) is 0 Å². The van der Waals surface area contributed by atoms with E-state index in [9.17, 15) is 5.26 Å². The topological polar surface area (TPSA) is 39.9 Å². The summed E-state index contributed by atoms with van der Waals surface area (Å²) in [5, 5.41) is 9.42. The van der Waals surface area contributed by atoms with Crippen molar-refractivity contribution in [3.05, 3.63) is 66.0 Å². The van der Waals surface area contributed by atoms with Crippen LogP contribution in [0.5, 0.6) is 0 Å². The summed E-state index contributed by atoms with van der Waals surface area (Å²) in [4.78, 5) is 6.75. The third-order valence-electron chi connectivity index (χ3n) is 6.70. The molecule has 0 amide bonds. The summed E-state index contributed by atoms with van der Waals surface area (Å²) >= 11 is 0. The lowest BCUT2D eigenvalue weighted by atomic mass is 9.72. The second-order valence-corrected chi connectivity index (χ2v) is 8.52. The minimum absolute atomic E-state index is 0.240. The summed E-state index contributed by atoms with van der Waals surface area (Å²) in [6.07, 6.45) is 10.7. The minimum atomic E-state index is 0.240. The highest BCUT2D eigenvalue weighted by atomic mass is 15.1. The SMILES string of the molecule is N#CCC1(CCC2CC2c2ccccc2)CCN(Cc2cccnc2)CC1. The summed E-state index contributed by atoms with van der Waals surface area (Å²) in [7, 11) is 0. The molecule has 27 heavy (non-hydrogen) atoms. The zero-order chi connectivity index (χ0) is 18.5. The number of rotatable bonds is 7. The van der Waals surface area contributed by atoms with Crippen molar-refractivity contribution in [1.82, 2.24) is 9.88 Å². The summed E-state index contributed by atoms with van der Waals surface area (Å²) in [5.74, 6) is 1.59. The van der Waals surface area contributed by atoms with Gasteiger partial charge in [-0.15, -0.1) is 0 Å². The highest BCUT2D eigenvalue weighted by Crippen LogP contribution is 2.52. The van der Waals surface area contributed by atoms with Crippen LogP contribution in [0.15, 0.2) is 54.9 Å². The van der Waals surface area contributed by atoms with Gasteiger partial charge in [0, 0.05) is 25.4 Å². The van der Waals surface area contributed by atoms with Gasteiger partial charge in [-0.25, -0.2) is 0 Å². The maximum atomic E-state index is 9.42. The van der Waals surface area contributed by atoms with Gasteiger partial charge in [-0.1, -0.05) is 36.4 Å². The van der Waals surface area contributed by atoms with Gasteiger partial charge in [0.05, 0.1) is 6.07 Å². The average molecular weight is 360 g/mol. The molecule has 1 saturated heterocycles. The predicted octanol–water partition coefficient (Wildman–Crippen LogP) is 5.16. The molecule has 4 rings (SSSR count). The first-order valence-corrected chi connectivity index (χ1v) is 10.3. The van der Waals surface area contributed by atoms with Crippen LogP contribution in [-0.4, -0.2) is 23.0 Å². The van der Waals surface area contributed by atoms with Gasteiger partial charge in [0.15, 0.2) is 0 Å². The molecule has 2 aromatic rings. The predicted molar refractivity (Wildman–Crippen MR) is 108 cm³/mol. The van der Waals surface area contributed by atoms with E-state index in [0.717, 1.165) is 50.7 Å². The molecule has 2 fully saturated rings. The third-order valence-corrected chi connectivity index (χ3v) is 6.70. The number of aromatic nitrogens is 1. The first-order chi connectivity index (χ1) is 13.3. The molecule has 2 atom stereocenters. The molecule has 140 valence electrons. The number of pyridine rings is 1. The van der Waals surface area contributed by atoms with Gasteiger partial charge in [-0.2, -0.15) is 5.26 Å². The molecule has 2 aliphatic rings. The van der Waals surface area contributed by atoms with E-state index in [-0.39, 0.29) is 5.41 Å². The van der Waals surface area contributed by atoms with E-state index in [0.29, 0.717) is 0 Å². The van der Waals surface area contributed by atoms with Crippen molar-refractivity contribution in [2.75, 3.05) is 13.1 Å². The van der Waals surface area contributed by atoms with Gasteiger partial charge in [0.25, 0.3) is 0 Å². The Kier molecular flexibility index (Phi) is 5.55. The van der Waals surface area contributed by atoms with Crippen LogP contribution in [0.3, 0.4) is 0 Å². The van der Waals surface area contributed by atoms with Crippen molar-refractivity contribution in [1.29, 1.82) is 5.26 Å². The number of nitriles is 1. The normalized spacial score (nSPS) is 24.3. The Bertz CT molecular complexity index is 757. The first kappa shape index (κ1) is 18.2. The van der Waals surface area contributed by atoms with Gasteiger partial charge in [-0.05, 0) is 79.6 Å². The number of nitrogens with zero attached hydrogens (tertiary/aromatic N) is 3. The first-order valence-electron chi connectivity index (χ1n) is 10.3. The molecule has 0 N–H and O–H groups in total. The fraction of sp³-hybridized carbons (Fsp3) is 0.500. The van der Waals surface area contributed by atoms with Crippen LogP contribution in [-0.2, 0) is 6.54 Å². The Hall–Kier alpha value is -2.18. The van der Waals surface area contributed by atoms with Crippen molar-refractivity contribution in [2.24, 2.45) is 11.3 Å². The van der Waals surface area contributed by atoms with Crippen LogP contribution in [0.2, 0.25) is 0 Å². The Balaban J connectivity index is 1.29. The van der Waals surface area contributed by atoms with Crippen LogP contribution >= 0.6 is 0 Å². The summed E-state index contributed by atoms with van der Waals surface area (Å²) in [6.45, 7) is 3.18. The van der Waals surface area contributed by atoms with Gasteiger partial charge in [0.1, 0.15) is 0 Å². The van der Waals surface area contributed by atoms with Crippen molar-refractivity contribution in [3.8, 4) is 6.07 Å². The summed E-state index contributed by atoms with van der Waals surface area (Å²) in [6, 6.07) is 17.6. The van der Waals surface area contributed by atoms with Gasteiger partial charge in [0.2, 0.25) is 0 Å². The molecule has 1 aromatic carbocycles. The fourth-order valence-electron chi connectivity index (χ4n) is 4.78. The van der Waals surface area contributed by atoms with E-state index in [1.54, 1.807) is 0 Å². The average Bonchev–Trinajstić information content (AvgIpc) is 3.50. The van der Waals surface area contributed by atoms with Gasteiger partial charge < -0.3 is 0 Å². The number of likely N-dealkylation sites (tertiary alicyclic amines) is 1. The zero-order valence-electron chi connectivity index (χ0n) is 16.1. The fourth-order valence-corrected chi connectivity index (χ4v) is 4.78. The van der Waals surface area contributed by atoms with Crippen LogP contribution in [0.1, 0.15) is 55.6 Å². The van der Waals surface area contributed by atoms with Crippen molar-refractivity contribution >= 4 is 0 Å². The minimum Gasteiger partial charge on any atom is -0.299 e. The smallest absolute Gasteiger partial charge is 0.0627 e. The molecule has 1 saturated carbocycles. The molecule has 1 aliphatic carbocycles. The number of hydrogen-bond donors (Lipinski definition) is 0. The van der Waals surface area contributed by atoms with Crippen LogP contribution in [0.4, 0.5) is 0 Å². The van der Waals surface area contributed by atoms with Crippen molar-refractivity contribution in [3.63, 3.8) is 0 Å². The van der Waals surface area contributed by atoms with E-state index < -0.39 is 0 Å². The number of hydrogen-bond acceptors (Lipinski definition) is 3. The van der Waals surface area contributed by atoms with E-state index >= 15 is 0 Å². The largest absolute Gasteiger partial charge is 0.299 e. The highest BCUT2D eigenvalue weighted by Gasteiger charge is 2.41. The van der Waals surface area contributed by atoms with E-state index in [1.165, 1.54) is 30.4 Å². The van der Waals surface area contributed by atoms with Crippen molar-refractivity contribution < 1.29 is 0 Å². The molecule has 2 heterocycles. The monoisotopic (exact) mass is 359 g/mol. The molecule has 1 aliphatic heterocycles. The molecule has 1 aromatic heterocycles. The van der Waals surface area contributed by atoms with Crippen LogP contribution in [0, 0.1) is 22.7 Å². The molecule has 0 radical (unpaired) electrons. The van der Waals surface area contributed by atoms with Crippen LogP contribution < -0.4 is 0 Å². The lowest BCUT2D eigenvalue weighted by Crippen LogP contribution is -2.39.